The Bertz CT molecular complexity index is 546. The van der Waals surface area contributed by atoms with E-state index < -0.39 is 11.9 Å². The summed E-state index contributed by atoms with van der Waals surface area (Å²) in [4.78, 5) is 0. The zero-order chi connectivity index (χ0) is 13.3. The van der Waals surface area contributed by atoms with E-state index in [4.69, 9.17) is 23.2 Å². The third kappa shape index (κ3) is 2.97. The average molecular weight is 295 g/mol. The quantitative estimate of drug-likeness (QED) is 0.809. The van der Waals surface area contributed by atoms with Crippen LogP contribution in [-0.2, 0) is 12.7 Å². The van der Waals surface area contributed by atoms with Gasteiger partial charge in [0.1, 0.15) is 5.15 Å². The van der Waals surface area contributed by atoms with Gasteiger partial charge in [0, 0.05) is 11.1 Å². The Hall–Kier alpha value is -1.20. The summed E-state index contributed by atoms with van der Waals surface area (Å²) >= 11 is 11.4. The number of benzene rings is 1. The van der Waals surface area contributed by atoms with E-state index in [0.29, 0.717) is 5.02 Å². The first-order valence-electron chi connectivity index (χ1n) is 4.91. The third-order valence-corrected chi connectivity index (χ3v) is 2.82. The van der Waals surface area contributed by atoms with Crippen molar-refractivity contribution in [2.75, 3.05) is 0 Å². The van der Waals surface area contributed by atoms with Crippen LogP contribution in [-0.4, -0.2) is 9.78 Å². The first kappa shape index (κ1) is 13.2. The highest BCUT2D eigenvalue weighted by molar-refractivity contribution is 6.30. The minimum atomic E-state index is -4.49. The lowest BCUT2D eigenvalue weighted by Crippen LogP contribution is -2.08. The van der Waals surface area contributed by atoms with Gasteiger partial charge in [-0.1, -0.05) is 35.3 Å². The van der Waals surface area contributed by atoms with E-state index >= 15 is 0 Å². The standard InChI is InChI=1S/C11H7Cl2F3N2/c12-8-3-1-7(2-4-8)6-18-10(13)5-9(17-18)11(14,15)16/h1-5H,6H2. The summed E-state index contributed by atoms with van der Waals surface area (Å²) < 4.78 is 38.4. The van der Waals surface area contributed by atoms with E-state index in [2.05, 4.69) is 5.10 Å². The van der Waals surface area contributed by atoms with Crippen molar-refractivity contribution in [3.8, 4) is 0 Å². The van der Waals surface area contributed by atoms with Crippen LogP contribution in [0.4, 0.5) is 13.2 Å². The fourth-order valence-electron chi connectivity index (χ4n) is 1.41. The van der Waals surface area contributed by atoms with Crippen molar-refractivity contribution in [3.05, 3.63) is 51.8 Å². The Morgan fingerprint density at radius 2 is 1.72 bits per heavy atom. The Labute approximate surface area is 111 Å². The maximum atomic E-state index is 12.4. The minimum absolute atomic E-state index is 0.0581. The summed E-state index contributed by atoms with van der Waals surface area (Å²) in [6.07, 6.45) is -4.49. The molecular formula is C11H7Cl2F3N2. The first-order valence-corrected chi connectivity index (χ1v) is 5.67. The molecule has 0 aliphatic heterocycles. The smallest absolute Gasteiger partial charge is 0.249 e. The predicted molar refractivity (Wildman–Crippen MR) is 62.8 cm³/mol. The molecule has 0 atom stereocenters. The maximum absolute atomic E-state index is 12.4. The van der Waals surface area contributed by atoms with Crippen LogP contribution in [0.1, 0.15) is 11.3 Å². The van der Waals surface area contributed by atoms with E-state index in [1.54, 1.807) is 24.3 Å². The summed E-state index contributed by atoms with van der Waals surface area (Å²) in [6.45, 7) is 0.159. The number of nitrogens with zero attached hydrogens (tertiary/aromatic N) is 2. The molecule has 0 amide bonds. The van der Waals surface area contributed by atoms with E-state index in [-0.39, 0.29) is 11.7 Å². The van der Waals surface area contributed by atoms with Crippen molar-refractivity contribution < 1.29 is 13.2 Å². The number of aromatic nitrogens is 2. The molecule has 0 unspecified atom stereocenters. The first-order chi connectivity index (χ1) is 8.36. The molecule has 0 aliphatic carbocycles. The van der Waals surface area contributed by atoms with Gasteiger partial charge in [-0.05, 0) is 17.7 Å². The average Bonchev–Trinajstić information content (AvgIpc) is 2.63. The molecule has 18 heavy (non-hydrogen) atoms. The van der Waals surface area contributed by atoms with Gasteiger partial charge in [-0.3, -0.25) is 0 Å². The van der Waals surface area contributed by atoms with Gasteiger partial charge in [0.15, 0.2) is 5.69 Å². The molecule has 2 aromatic rings. The molecule has 0 saturated heterocycles. The minimum Gasteiger partial charge on any atom is -0.249 e. The number of rotatable bonds is 2. The van der Waals surface area contributed by atoms with Crippen LogP contribution in [0.25, 0.3) is 0 Å². The fourth-order valence-corrected chi connectivity index (χ4v) is 1.73. The Balaban J connectivity index is 2.24. The molecule has 1 aromatic carbocycles. The van der Waals surface area contributed by atoms with Crippen molar-refractivity contribution in [1.29, 1.82) is 0 Å². The summed E-state index contributed by atoms with van der Waals surface area (Å²) in [6, 6.07) is 7.51. The van der Waals surface area contributed by atoms with Gasteiger partial charge in [-0.25, -0.2) is 4.68 Å². The second-order valence-electron chi connectivity index (χ2n) is 3.63. The molecule has 1 heterocycles. The van der Waals surface area contributed by atoms with E-state index in [0.717, 1.165) is 16.3 Å². The van der Waals surface area contributed by atoms with Crippen LogP contribution in [0, 0.1) is 0 Å². The van der Waals surface area contributed by atoms with Crippen LogP contribution in [0.3, 0.4) is 0 Å². The van der Waals surface area contributed by atoms with Gasteiger partial charge in [-0.2, -0.15) is 18.3 Å². The van der Waals surface area contributed by atoms with Gasteiger partial charge in [0.05, 0.1) is 6.54 Å². The molecule has 0 fully saturated rings. The molecule has 0 radical (unpaired) electrons. The van der Waals surface area contributed by atoms with Crippen LogP contribution in [0.15, 0.2) is 30.3 Å². The summed E-state index contributed by atoms with van der Waals surface area (Å²) in [7, 11) is 0. The number of alkyl halides is 3. The predicted octanol–water partition coefficient (Wildman–Crippen LogP) is 4.26. The lowest BCUT2D eigenvalue weighted by molar-refractivity contribution is -0.141. The zero-order valence-electron chi connectivity index (χ0n) is 8.88. The molecular weight excluding hydrogens is 288 g/mol. The van der Waals surface area contributed by atoms with Gasteiger partial charge >= 0.3 is 6.18 Å². The summed E-state index contributed by atoms with van der Waals surface area (Å²) in [5, 5.41) is 3.92. The molecule has 96 valence electrons. The number of hydrogen-bond donors (Lipinski definition) is 0. The highest BCUT2D eigenvalue weighted by Crippen LogP contribution is 2.30. The molecule has 0 spiro atoms. The summed E-state index contributed by atoms with van der Waals surface area (Å²) in [5.74, 6) is 0. The normalized spacial score (nSPS) is 11.8. The molecule has 2 nitrogen and oxygen atoms in total. The highest BCUT2D eigenvalue weighted by atomic mass is 35.5. The molecule has 1 aromatic heterocycles. The molecule has 2 rings (SSSR count). The lowest BCUT2D eigenvalue weighted by Gasteiger charge is -2.04. The van der Waals surface area contributed by atoms with Crippen molar-refractivity contribution in [2.24, 2.45) is 0 Å². The molecule has 0 saturated carbocycles. The van der Waals surface area contributed by atoms with E-state index in [1.165, 1.54) is 0 Å². The monoisotopic (exact) mass is 294 g/mol. The maximum Gasteiger partial charge on any atom is 0.435 e. The van der Waals surface area contributed by atoms with Crippen LogP contribution in [0.5, 0.6) is 0 Å². The molecule has 0 bridgehead atoms. The fraction of sp³-hybridized carbons (Fsp3) is 0.182. The molecule has 0 N–H and O–H groups in total. The van der Waals surface area contributed by atoms with Gasteiger partial charge < -0.3 is 0 Å². The topological polar surface area (TPSA) is 17.8 Å². The van der Waals surface area contributed by atoms with Gasteiger partial charge in [-0.15, -0.1) is 0 Å². The van der Waals surface area contributed by atoms with Crippen molar-refractivity contribution in [2.45, 2.75) is 12.7 Å². The third-order valence-electron chi connectivity index (χ3n) is 2.27. The van der Waals surface area contributed by atoms with E-state index in [1.807, 2.05) is 0 Å². The number of hydrogen-bond acceptors (Lipinski definition) is 1. The van der Waals surface area contributed by atoms with Gasteiger partial charge in [0.2, 0.25) is 0 Å². The van der Waals surface area contributed by atoms with Crippen LogP contribution in [0.2, 0.25) is 10.2 Å². The van der Waals surface area contributed by atoms with Crippen molar-refractivity contribution in [3.63, 3.8) is 0 Å². The van der Waals surface area contributed by atoms with Crippen LogP contribution < -0.4 is 0 Å². The Morgan fingerprint density at radius 1 is 1.11 bits per heavy atom. The SMILES string of the molecule is FC(F)(F)c1cc(Cl)n(Cc2ccc(Cl)cc2)n1. The largest absolute Gasteiger partial charge is 0.435 e. The Kier molecular flexibility index (Phi) is 3.54. The van der Waals surface area contributed by atoms with Crippen LogP contribution >= 0.6 is 23.2 Å². The zero-order valence-corrected chi connectivity index (χ0v) is 10.4. The second-order valence-corrected chi connectivity index (χ2v) is 4.46. The highest BCUT2D eigenvalue weighted by Gasteiger charge is 2.34. The van der Waals surface area contributed by atoms with Gasteiger partial charge in [0.25, 0.3) is 0 Å². The lowest BCUT2D eigenvalue weighted by atomic mass is 10.2. The van der Waals surface area contributed by atoms with Crippen molar-refractivity contribution >= 4 is 23.2 Å². The molecule has 7 heteroatoms. The van der Waals surface area contributed by atoms with Crippen molar-refractivity contribution in [1.82, 2.24) is 9.78 Å². The molecule has 0 aliphatic rings. The second kappa shape index (κ2) is 4.82. The Morgan fingerprint density at radius 3 is 2.22 bits per heavy atom. The number of halogens is 5. The summed E-state index contributed by atoms with van der Waals surface area (Å²) in [5.41, 5.74) is -0.236. The van der Waals surface area contributed by atoms with E-state index in [9.17, 15) is 13.2 Å².